The van der Waals surface area contributed by atoms with E-state index in [0.29, 0.717) is 25.3 Å². The van der Waals surface area contributed by atoms with Crippen LogP contribution >= 0.6 is 0 Å². The van der Waals surface area contributed by atoms with Crippen LogP contribution in [-0.4, -0.2) is 73.5 Å². The van der Waals surface area contributed by atoms with E-state index in [4.69, 9.17) is 31.3 Å². The van der Waals surface area contributed by atoms with E-state index in [1.165, 1.54) is 0 Å². The predicted molar refractivity (Wildman–Crippen MR) is 74.0 cm³/mol. The van der Waals surface area contributed by atoms with E-state index in [9.17, 15) is 0 Å². The van der Waals surface area contributed by atoms with Gasteiger partial charge in [0.05, 0.1) is 13.2 Å². The molecule has 0 radical (unpaired) electrons. The van der Waals surface area contributed by atoms with Gasteiger partial charge >= 0.3 is 17.6 Å². The Kier molecular flexibility index (Phi) is 10.0. The SMILES string of the molecule is CO[Si](CCOCC[Si](OC)(OC)OC)(OC)OC. The molecule has 0 bridgehead atoms. The van der Waals surface area contributed by atoms with Gasteiger partial charge in [0.2, 0.25) is 0 Å². The summed E-state index contributed by atoms with van der Waals surface area (Å²) in [5.41, 5.74) is 0. The van der Waals surface area contributed by atoms with Crippen LogP contribution in [0.25, 0.3) is 0 Å². The highest BCUT2D eigenvalue weighted by atomic mass is 28.4. The minimum atomic E-state index is -2.55. The summed E-state index contributed by atoms with van der Waals surface area (Å²) in [5.74, 6) is 0. The van der Waals surface area contributed by atoms with Crippen LogP contribution in [0.15, 0.2) is 0 Å². The van der Waals surface area contributed by atoms with Crippen molar-refractivity contribution in [3.05, 3.63) is 0 Å². The van der Waals surface area contributed by atoms with Gasteiger partial charge in [0, 0.05) is 54.7 Å². The second kappa shape index (κ2) is 9.96. The summed E-state index contributed by atoms with van der Waals surface area (Å²) in [4.78, 5) is 0. The fraction of sp³-hybridized carbons (Fsp3) is 1.00. The molecule has 0 N–H and O–H groups in total. The molecule has 0 fully saturated rings. The highest BCUT2D eigenvalue weighted by molar-refractivity contribution is 6.61. The molecule has 0 aromatic heterocycles. The molecule has 0 spiro atoms. The van der Waals surface area contributed by atoms with Gasteiger partial charge < -0.3 is 31.3 Å². The largest absolute Gasteiger partial charge is 0.502 e. The van der Waals surface area contributed by atoms with Crippen molar-refractivity contribution in [2.75, 3.05) is 55.9 Å². The molecular weight excluding hydrogens is 288 g/mol. The third-order valence-corrected chi connectivity index (χ3v) is 8.34. The van der Waals surface area contributed by atoms with Gasteiger partial charge in [-0.3, -0.25) is 0 Å². The van der Waals surface area contributed by atoms with Crippen LogP contribution in [0.5, 0.6) is 0 Å². The maximum absolute atomic E-state index is 5.55. The van der Waals surface area contributed by atoms with Crippen LogP contribution in [0.1, 0.15) is 0 Å². The van der Waals surface area contributed by atoms with Crippen molar-refractivity contribution >= 4 is 17.6 Å². The van der Waals surface area contributed by atoms with E-state index in [1.807, 2.05) is 0 Å². The van der Waals surface area contributed by atoms with E-state index in [0.717, 1.165) is 0 Å². The number of rotatable bonds is 12. The molecule has 0 atom stereocenters. The van der Waals surface area contributed by atoms with Gasteiger partial charge in [-0.15, -0.1) is 0 Å². The molecule has 7 nitrogen and oxygen atoms in total. The smallest absolute Gasteiger partial charge is 0.381 e. The minimum Gasteiger partial charge on any atom is -0.381 e. The Morgan fingerprint density at radius 3 is 1.00 bits per heavy atom. The third kappa shape index (κ3) is 5.98. The first-order valence-electron chi connectivity index (χ1n) is 5.96. The quantitative estimate of drug-likeness (QED) is 0.389. The molecule has 9 heteroatoms. The highest BCUT2D eigenvalue weighted by Crippen LogP contribution is 2.15. The highest BCUT2D eigenvalue weighted by Gasteiger charge is 2.39. The van der Waals surface area contributed by atoms with Crippen molar-refractivity contribution in [2.24, 2.45) is 0 Å². The van der Waals surface area contributed by atoms with Crippen molar-refractivity contribution in [3.8, 4) is 0 Å². The number of hydrogen-bond acceptors (Lipinski definition) is 7. The lowest BCUT2D eigenvalue weighted by molar-refractivity contribution is 0.0849. The van der Waals surface area contributed by atoms with Crippen LogP contribution in [0.2, 0.25) is 12.1 Å². The monoisotopic (exact) mass is 314 g/mol. The second-order valence-electron chi connectivity index (χ2n) is 3.70. The first kappa shape index (κ1) is 19.2. The van der Waals surface area contributed by atoms with Crippen LogP contribution < -0.4 is 0 Å². The maximum atomic E-state index is 5.55. The molecule has 0 rings (SSSR count). The molecule has 0 aliphatic heterocycles. The fourth-order valence-electron chi connectivity index (χ4n) is 1.61. The Balaban J connectivity index is 3.98. The average Bonchev–Trinajstić information content (AvgIpc) is 2.48. The Hall–Kier alpha value is 0.154. The van der Waals surface area contributed by atoms with Crippen LogP contribution in [-0.2, 0) is 31.3 Å². The fourth-order valence-corrected chi connectivity index (χ4v) is 4.62. The maximum Gasteiger partial charge on any atom is 0.502 e. The second-order valence-corrected chi connectivity index (χ2v) is 9.88. The number of ether oxygens (including phenoxy) is 1. The summed E-state index contributed by atoms with van der Waals surface area (Å²) in [6.07, 6.45) is 0. The van der Waals surface area contributed by atoms with Gasteiger partial charge in [0.15, 0.2) is 0 Å². The summed E-state index contributed by atoms with van der Waals surface area (Å²) in [5, 5.41) is 0. The van der Waals surface area contributed by atoms with Crippen LogP contribution in [0.4, 0.5) is 0 Å². The molecule has 116 valence electrons. The van der Waals surface area contributed by atoms with Crippen LogP contribution in [0, 0.1) is 0 Å². The minimum absolute atomic E-state index is 0.489. The summed E-state index contributed by atoms with van der Waals surface area (Å²) in [6, 6.07) is 1.19. The van der Waals surface area contributed by atoms with E-state index in [-0.39, 0.29) is 0 Å². The molecule has 0 unspecified atom stereocenters. The van der Waals surface area contributed by atoms with E-state index < -0.39 is 17.6 Å². The van der Waals surface area contributed by atoms with Crippen molar-refractivity contribution in [1.29, 1.82) is 0 Å². The lowest BCUT2D eigenvalue weighted by Gasteiger charge is -2.25. The van der Waals surface area contributed by atoms with Gasteiger partial charge in [-0.25, -0.2) is 0 Å². The molecule has 0 aromatic rings. The summed E-state index contributed by atoms with van der Waals surface area (Å²) >= 11 is 0. The Morgan fingerprint density at radius 2 is 0.789 bits per heavy atom. The first-order valence-corrected chi connectivity index (χ1v) is 9.82. The molecule has 0 aliphatic carbocycles. The summed E-state index contributed by atoms with van der Waals surface area (Å²) < 4.78 is 37.3. The molecule has 0 amide bonds. The molecule has 0 aliphatic rings. The Bertz CT molecular complexity index is 183. The number of hydrogen-bond donors (Lipinski definition) is 0. The summed E-state index contributed by atoms with van der Waals surface area (Å²) in [6.45, 7) is 0.979. The van der Waals surface area contributed by atoms with Crippen molar-refractivity contribution in [3.63, 3.8) is 0 Å². The van der Waals surface area contributed by atoms with E-state index in [1.54, 1.807) is 42.7 Å². The molecule has 0 saturated carbocycles. The topological polar surface area (TPSA) is 64.6 Å². The standard InChI is InChI=1S/C10H26O7Si2/c1-11-18(12-2,13-3)9-7-17-8-10-19(14-4,15-5)16-6/h7-10H2,1-6H3. The molecule has 19 heavy (non-hydrogen) atoms. The van der Waals surface area contributed by atoms with Gasteiger partial charge in [-0.05, 0) is 0 Å². The van der Waals surface area contributed by atoms with E-state index >= 15 is 0 Å². The zero-order chi connectivity index (χ0) is 14.8. The average molecular weight is 314 g/mol. The molecule has 0 saturated heterocycles. The van der Waals surface area contributed by atoms with Crippen molar-refractivity contribution < 1.29 is 31.3 Å². The predicted octanol–water partition coefficient (Wildman–Crippen LogP) is 0.759. The molecular formula is C10H26O7Si2. The first-order chi connectivity index (χ1) is 9.07. The molecule has 0 aromatic carbocycles. The van der Waals surface area contributed by atoms with E-state index in [2.05, 4.69) is 0 Å². The van der Waals surface area contributed by atoms with Gasteiger partial charge in [-0.2, -0.15) is 0 Å². The van der Waals surface area contributed by atoms with Gasteiger partial charge in [-0.1, -0.05) is 0 Å². The van der Waals surface area contributed by atoms with Crippen molar-refractivity contribution in [2.45, 2.75) is 12.1 Å². The van der Waals surface area contributed by atoms with Crippen molar-refractivity contribution in [1.82, 2.24) is 0 Å². The third-order valence-electron chi connectivity index (χ3n) is 2.97. The van der Waals surface area contributed by atoms with Crippen LogP contribution in [0.3, 0.4) is 0 Å². The lowest BCUT2D eigenvalue weighted by Crippen LogP contribution is -2.45. The van der Waals surface area contributed by atoms with Gasteiger partial charge in [0.1, 0.15) is 0 Å². The normalized spacial score (nSPS) is 12.9. The molecule has 0 heterocycles. The zero-order valence-electron chi connectivity index (χ0n) is 12.7. The zero-order valence-corrected chi connectivity index (χ0v) is 14.7. The lowest BCUT2D eigenvalue weighted by atomic mass is 10.8. The Morgan fingerprint density at radius 1 is 0.526 bits per heavy atom. The Labute approximate surface area is 117 Å². The summed E-state index contributed by atoms with van der Waals surface area (Å²) in [7, 11) is 4.40. The van der Waals surface area contributed by atoms with Gasteiger partial charge in [0.25, 0.3) is 0 Å².